The second-order valence-corrected chi connectivity index (χ2v) is 5.35. The van der Waals surface area contributed by atoms with Crippen LogP contribution in [0.2, 0.25) is 0 Å². The molecule has 1 aliphatic rings. The molecule has 1 saturated carbocycles. The third kappa shape index (κ3) is 2.04. The Hall–Kier alpha value is -1.10. The molecule has 5 nitrogen and oxygen atoms in total. The van der Waals surface area contributed by atoms with Crippen molar-refractivity contribution in [2.45, 2.75) is 51.2 Å². The van der Waals surface area contributed by atoms with Crippen molar-refractivity contribution in [3.05, 3.63) is 5.82 Å². The summed E-state index contributed by atoms with van der Waals surface area (Å²) >= 11 is 0. The van der Waals surface area contributed by atoms with E-state index in [1.807, 2.05) is 20.8 Å². The molecule has 1 fully saturated rings. The number of ether oxygens (including phenoxy) is 1. The molecular weight excluding hydrogens is 206 g/mol. The van der Waals surface area contributed by atoms with Crippen LogP contribution in [0.25, 0.3) is 0 Å². The van der Waals surface area contributed by atoms with Gasteiger partial charge in [0.2, 0.25) is 5.82 Å². The number of nitrogens with one attached hydrogen (secondary N) is 1. The monoisotopic (exact) mass is 225 g/mol. The van der Waals surface area contributed by atoms with E-state index in [0.29, 0.717) is 11.8 Å². The van der Waals surface area contributed by atoms with Crippen molar-refractivity contribution in [3.63, 3.8) is 0 Å². The van der Waals surface area contributed by atoms with Gasteiger partial charge in [0.05, 0.1) is 0 Å². The molecular formula is C11H19N3O2. The average Bonchev–Trinajstić information content (AvgIpc) is 2.49. The zero-order valence-electron chi connectivity index (χ0n) is 10.3. The van der Waals surface area contributed by atoms with Crippen LogP contribution < -0.4 is 5.32 Å². The van der Waals surface area contributed by atoms with Gasteiger partial charge in [-0.2, -0.15) is 4.98 Å². The quantitative estimate of drug-likeness (QED) is 0.855. The Kier molecular flexibility index (Phi) is 2.66. The van der Waals surface area contributed by atoms with E-state index in [-0.39, 0.29) is 11.1 Å². The van der Waals surface area contributed by atoms with Crippen LogP contribution in [0.5, 0.6) is 0 Å². The van der Waals surface area contributed by atoms with E-state index >= 15 is 0 Å². The molecule has 5 heteroatoms. The largest absolute Gasteiger partial charge is 0.370 e. The summed E-state index contributed by atoms with van der Waals surface area (Å²) in [6, 6.07) is 0.464. The number of aromatic nitrogens is 2. The van der Waals surface area contributed by atoms with Gasteiger partial charge < -0.3 is 14.6 Å². The summed E-state index contributed by atoms with van der Waals surface area (Å²) < 4.78 is 10.7. The Labute approximate surface area is 95.6 Å². The van der Waals surface area contributed by atoms with Gasteiger partial charge in [-0.25, -0.2) is 0 Å². The van der Waals surface area contributed by atoms with E-state index in [1.165, 1.54) is 0 Å². The Morgan fingerprint density at radius 3 is 2.50 bits per heavy atom. The molecule has 0 bridgehead atoms. The number of hydrogen-bond donors (Lipinski definition) is 1. The molecule has 0 unspecified atom stereocenters. The first-order valence-corrected chi connectivity index (χ1v) is 5.63. The third-order valence-electron chi connectivity index (χ3n) is 2.87. The zero-order valence-corrected chi connectivity index (χ0v) is 10.3. The summed E-state index contributed by atoms with van der Waals surface area (Å²) in [7, 11) is 1.70. The molecule has 16 heavy (non-hydrogen) atoms. The average molecular weight is 225 g/mol. The SMILES string of the molecule is COC1(c2noc(NC(C)(C)C)n2)CCC1. The van der Waals surface area contributed by atoms with Crippen LogP contribution in [-0.4, -0.2) is 22.8 Å². The summed E-state index contributed by atoms with van der Waals surface area (Å²) in [4.78, 5) is 4.35. The normalized spacial score (nSPS) is 19.2. The summed E-state index contributed by atoms with van der Waals surface area (Å²) in [5.41, 5.74) is -0.384. The van der Waals surface area contributed by atoms with Crippen molar-refractivity contribution in [3.8, 4) is 0 Å². The molecule has 0 spiro atoms. The molecule has 0 saturated heterocycles. The van der Waals surface area contributed by atoms with E-state index < -0.39 is 0 Å². The fourth-order valence-corrected chi connectivity index (χ4v) is 1.80. The molecule has 0 aliphatic heterocycles. The smallest absolute Gasteiger partial charge is 0.321 e. The van der Waals surface area contributed by atoms with Gasteiger partial charge in [0, 0.05) is 12.6 Å². The molecule has 0 amide bonds. The summed E-state index contributed by atoms with van der Waals surface area (Å²) in [5.74, 6) is 0.660. The lowest BCUT2D eigenvalue weighted by Gasteiger charge is -2.37. The highest BCUT2D eigenvalue weighted by molar-refractivity contribution is 5.24. The van der Waals surface area contributed by atoms with Crippen LogP contribution >= 0.6 is 0 Å². The minimum absolute atomic E-state index is 0.0797. The Morgan fingerprint density at radius 2 is 2.06 bits per heavy atom. The molecule has 2 rings (SSSR count). The second kappa shape index (κ2) is 3.73. The van der Waals surface area contributed by atoms with Gasteiger partial charge >= 0.3 is 6.01 Å². The first kappa shape index (κ1) is 11.4. The summed E-state index contributed by atoms with van der Waals surface area (Å²) in [5, 5.41) is 7.14. The van der Waals surface area contributed by atoms with E-state index in [9.17, 15) is 0 Å². The van der Waals surface area contributed by atoms with E-state index in [0.717, 1.165) is 19.3 Å². The van der Waals surface area contributed by atoms with Crippen molar-refractivity contribution in [1.29, 1.82) is 0 Å². The van der Waals surface area contributed by atoms with E-state index in [4.69, 9.17) is 9.26 Å². The number of hydrogen-bond acceptors (Lipinski definition) is 5. The van der Waals surface area contributed by atoms with Crippen LogP contribution in [0.1, 0.15) is 45.9 Å². The van der Waals surface area contributed by atoms with Crippen LogP contribution in [0.15, 0.2) is 4.52 Å². The lowest BCUT2D eigenvalue weighted by atomic mass is 9.79. The highest BCUT2D eigenvalue weighted by Gasteiger charge is 2.43. The van der Waals surface area contributed by atoms with Gasteiger partial charge in [0.15, 0.2) is 0 Å². The van der Waals surface area contributed by atoms with Crippen LogP contribution in [-0.2, 0) is 10.3 Å². The number of methoxy groups -OCH3 is 1. The summed E-state index contributed by atoms with van der Waals surface area (Å²) in [6.45, 7) is 6.14. The van der Waals surface area contributed by atoms with Crippen LogP contribution in [0, 0.1) is 0 Å². The Balaban J connectivity index is 2.13. The molecule has 1 aromatic rings. The summed E-state index contributed by atoms with van der Waals surface area (Å²) in [6.07, 6.45) is 3.10. The fourth-order valence-electron chi connectivity index (χ4n) is 1.80. The van der Waals surface area contributed by atoms with Crippen molar-refractivity contribution in [1.82, 2.24) is 10.1 Å². The first-order chi connectivity index (χ1) is 7.45. The number of anilines is 1. The topological polar surface area (TPSA) is 60.2 Å². The van der Waals surface area contributed by atoms with Crippen LogP contribution in [0.4, 0.5) is 6.01 Å². The van der Waals surface area contributed by atoms with Crippen LogP contribution in [0.3, 0.4) is 0 Å². The molecule has 0 radical (unpaired) electrons. The predicted octanol–water partition coefficient (Wildman–Crippen LogP) is 2.31. The second-order valence-electron chi connectivity index (χ2n) is 5.35. The van der Waals surface area contributed by atoms with E-state index in [1.54, 1.807) is 7.11 Å². The number of nitrogens with zero attached hydrogens (tertiary/aromatic N) is 2. The predicted molar refractivity (Wildman–Crippen MR) is 60.2 cm³/mol. The number of rotatable bonds is 3. The minimum atomic E-state index is -0.304. The minimum Gasteiger partial charge on any atom is -0.370 e. The highest BCUT2D eigenvalue weighted by atomic mass is 16.5. The van der Waals surface area contributed by atoms with Gasteiger partial charge in [-0.15, -0.1) is 0 Å². The highest BCUT2D eigenvalue weighted by Crippen LogP contribution is 2.43. The standard InChI is InChI=1S/C11H19N3O2/c1-10(2,3)13-9-12-8(14-16-9)11(15-4)6-5-7-11/h5-7H2,1-4H3,(H,12,13,14). The lowest BCUT2D eigenvalue weighted by molar-refractivity contribution is -0.0858. The van der Waals surface area contributed by atoms with Gasteiger partial charge in [0.1, 0.15) is 5.60 Å². The molecule has 1 aromatic heterocycles. The fraction of sp³-hybridized carbons (Fsp3) is 0.818. The first-order valence-electron chi connectivity index (χ1n) is 5.63. The zero-order chi connectivity index (χ0) is 11.8. The maximum Gasteiger partial charge on any atom is 0.321 e. The van der Waals surface area contributed by atoms with Gasteiger partial charge in [0.25, 0.3) is 0 Å². The molecule has 1 aliphatic carbocycles. The maximum atomic E-state index is 5.49. The van der Waals surface area contributed by atoms with Crippen molar-refractivity contribution in [2.75, 3.05) is 12.4 Å². The van der Waals surface area contributed by atoms with E-state index in [2.05, 4.69) is 15.5 Å². The van der Waals surface area contributed by atoms with Gasteiger partial charge in [-0.05, 0) is 40.0 Å². The Morgan fingerprint density at radius 1 is 1.38 bits per heavy atom. The maximum absolute atomic E-state index is 5.49. The van der Waals surface area contributed by atoms with Crippen molar-refractivity contribution < 1.29 is 9.26 Å². The molecule has 0 aromatic carbocycles. The molecule has 1 N–H and O–H groups in total. The molecule has 1 heterocycles. The molecule has 0 atom stereocenters. The van der Waals surface area contributed by atoms with Crippen molar-refractivity contribution in [2.24, 2.45) is 0 Å². The Bertz CT molecular complexity index is 358. The third-order valence-corrected chi connectivity index (χ3v) is 2.87. The lowest BCUT2D eigenvalue weighted by Crippen LogP contribution is -2.37. The molecule has 90 valence electrons. The van der Waals surface area contributed by atoms with Crippen molar-refractivity contribution >= 4 is 6.01 Å². The van der Waals surface area contributed by atoms with Gasteiger partial charge in [-0.3, -0.25) is 0 Å². The van der Waals surface area contributed by atoms with Gasteiger partial charge in [-0.1, -0.05) is 5.16 Å².